The molecule has 6 nitrogen and oxygen atoms in total. The van der Waals surface area contributed by atoms with Crippen LogP contribution >= 0.6 is 15.9 Å². The molecule has 0 aromatic carbocycles. The first-order valence-electron chi connectivity index (χ1n) is 3.44. The van der Waals surface area contributed by atoms with Crippen molar-refractivity contribution < 1.29 is 30.3 Å². The average Bonchev–Trinajstić information content (AvgIpc) is 2.12. The summed E-state index contributed by atoms with van der Waals surface area (Å²) >= 11 is 2.38. The summed E-state index contributed by atoms with van der Waals surface area (Å²) in [4.78, 5) is 10.5. The molecule has 0 fully saturated rings. The van der Waals surface area contributed by atoms with Gasteiger partial charge in [0.25, 0.3) is 0 Å². The van der Waals surface area contributed by atoms with E-state index in [1.165, 1.54) is 0 Å². The molecule has 0 rings (SSSR count). The number of rotatable bonds is 5. The van der Waals surface area contributed by atoms with Crippen LogP contribution in [0.5, 0.6) is 0 Å². The largest absolute Gasteiger partial charge is 0.394 e. The van der Waals surface area contributed by atoms with E-state index in [2.05, 4.69) is 15.9 Å². The fraction of sp³-hybridized carbons (Fsp3) is 0.833. The summed E-state index contributed by atoms with van der Waals surface area (Å²) < 4.78 is -0.913. The molecule has 0 unspecified atom stereocenters. The molecule has 0 aromatic rings. The quantitative estimate of drug-likeness (QED) is 0.344. The summed E-state index contributed by atoms with van der Waals surface area (Å²) in [6.07, 6.45) is -7.05. The molecule has 4 atom stereocenters. The van der Waals surface area contributed by atoms with E-state index in [1.54, 1.807) is 0 Å². The van der Waals surface area contributed by atoms with E-state index in [4.69, 9.17) is 25.5 Å². The van der Waals surface area contributed by atoms with Gasteiger partial charge in [0.05, 0.1) is 6.61 Å². The summed E-state index contributed by atoms with van der Waals surface area (Å²) in [6.45, 7) is -0.776. The van der Waals surface area contributed by atoms with Crippen molar-refractivity contribution in [2.75, 3.05) is 6.61 Å². The third-order valence-electron chi connectivity index (χ3n) is 1.49. The van der Waals surface area contributed by atoms with Gasteiger partial charge in [0.1, 0.15) is 18.3 Å². The van der Waals surface area contributed by atoms with Crippen molar-refractivity contribution in [1.82, 2.24) is 0 Å². The van der Waals surface area contributed by atoms with Crippen molar-refractivity contribution in [2.45, 2.75) is 24.4 Å². The normalized spacial score (nSPS) is 20.5. The van der Waals surface area contributed by atoms with Gasteiger partial charge in [-0.25, -0.2) is 0 Å². The van der Waals surface area contributed by atoms with Crippen molar-refractivity contribution >= 4 is 20.6 Å². The Bertz CT molecular complexity index is 175. The molecule has 0 spiro atoms. The van der Waals surface area contributed by atoms with E-state index in [9.17, 15) is 4.79 Å². The van der Waals surface area contributed by atoms with Gasteiger partial charge in [0, 0.05) is 0 Å². The van der Waals surface area contributed by atoms with Crippen molar-refractivity contribution in [3.63, 3.8) is 0 Å². The Balaban J connectivity index is 4.24. The van der Waals surface area contributed by atoms with Gasteiger partial charge in [-0.05, 0) is 15.9 Å². The van der Waals surface area contributed by atoms with E-state index in [1.807, 2.05) is 0 Å². The van der Waals surface area contributed by atoms with E-state index in [0.29, 0.717) is 0 Å². The van der Waals surface area contributed by atoms with Gasteiger partial charge in [-0.1, -0.05) is 0 Å². The first-order chi connectivity index (χ1) is 5.91. The lowest BCUT2D eigenvalue weighted by molar-refractivity contribution is -0.138. The van der Waals surface area contributed by atoms with Crippen LogP contribution in [0.3, 0.4) is 0 Å². The number of aliphatic hydroxyl groups excluding tert-OH is 5. The monoisotopic (exact) mass is 258 g/mol. The third-order valence-corrected chi connectivity index (χ3v) is 1.96. The Kier molecular flexibility index (Phi) is 5.61. The number of aliphatic hydroxyl groups is 5. The predicted octanol–water partition coefficient (Wildman–Crippen LogP) is -2.66. The zero-order valence-corrected chi connectivity index (χ0v) is 8.12. The van der Waals surface area contributed by atoms with Crippen LogP contribution in [0, 0.1) is 0 Å². The lowest BCUT2D eigenvalue weighted by Gasteiger charge is -2.23. The molecule has 0 aliphatic heterocycles. The minimum atomic E-state index is -1.84. The van der Waals surface area contributed by atoms with E-state index >= 15 is 0 Å². The van der Waals surface area contributed by atoms with Gasteiger partial charge in [-0.3, -0.25) is 4.79 Å². The van der Waals surface area contributed by atoms with Crippen molar-refractivity contribution in [1.29, 1.82) is 0 Å². The first-order valence-corrected chi connectivity index (χ1v) is 4.23. The topological polar surface area (TPSA) is 118 Å². The van der Waals surface area contributed by atoms with Crippen LogP contribution in [-0.2, 0) is 4.79 Å². The zero-order chi connectivity index (χ0) is 10.6. The highest BCUT2D eigenvalue weighted by atomic mass is 79.9. The third kappa shape index (κ3) is 3.67. The summed E-state index contributed by atoms with van der Waals surface area (Å²) in [7, 11) is 0. The van der Waals surface area contributed by atoms with Gasteiger partial charge in [0.2, 0.25) is 4.69 Å². The van der Waals surface area contributed by atoms with Crippen LogP contribution in [0.15, 0.2) is 0 Å². The predicted molar refractivity (Wildman–Crippen MR) is 45.0 cm³/mol. The maximum Gasteiger partial charge on any atom is 0.228 e. The molecule has 7 heteroatoms. The minimum absolute atomic E-state index is 0.776. The molecule has 0 heterocycles. The Morgan fingerprint density at radius 1 is 1.15 bits per heavy atom. The van der Waals surface area contributed by atoms with E-state index < -0.39 is 35.7 Å². The standard InChI is InChI=1S/C6H11BrO6/c7-6(13)5(12)4(11)3(10)2(9)1-8/h2-5,8-12H,1H2/t2-,3-,4-,5+/m1/s1. The molecule has 13 heavy (non-hydrogen) atoms. The van der Waals surface area contributed by atoms with E-state index in [-0.39, 0.29) is 0 Å². The smallest absolute Gasteiger partial charge is 0.228 e. The summed E-state index contributed by atoms with van der Waals surface area (Å²) in [5, 5.41) is 44.2. The highest BCUT2D eigenvalue weighted by Crippen LogP contribution is 2.07. The number of carbonyl (C=O) groups excluding carboxylic acids is 1. The van der Waals surface area contributed by atoms with Crippen LogP contribution in [0.1, 0.15) is 0 Å². The van der Waals surface area contributed by atoms with Crippen LogP contribution in [-0.4, -0.2) is 61.2 Å². The van der Waals surface area contributed by atoms with Crippen molar-refractivity contribution in [3.8, 4) is 0 Å². The molecule has 0 aromatic heterocycles. The Labute approximate surface area is 82.6 Å². The van der Waals surface area contributed by atoms with Gasteiger partial charge < -0.3 is 25.5 Å². The second-order valence-corrected chi connectivity index (χ2v) is 3.26. The molecule has 0 saturated heterocycles. The lowest BCUT2D eigenvalue weighted by Crippen LogP contribution is -2.47. The van der Waals surface area contributed by atoms with Gasteiger partial charge in [0.15, 0.2) is 6.10 Å². The summed E-state index contributed by atoms with van der Waals surface area (Å²) in [6, 6.07) is 0. The average molecular weight is 259 g/mol. The van der Waals surface area contributed by atoms with Crippen LogP contribution in [0.25, 0.3) is 0 Å². The van der Waals surface area contributed by atoms with Crippen molar-refractivity contribution in [2.24, 2.45) is 0 Å². The Morgan fingerprint density at radius 3 is 1.92 bits per heavy atom. The molecule has 0 aliphatic carbocycles. The number of carbonyl (C=O) groups is 1. The van der Waals surface area contributed by atoms with Crippen molar-refractivity contribution in [3.05, 3.63) is 0 Å². The maximum atomic E-state index is 10.5. The molecule has 0 bridgehead atoms. The molecule has 5 N–H and O–H groups in total. The van der Waals surface area contributed by atoms with Crippen LogP contribution in [0.2, 0.25) is 0 Å². The molecule has 0 radical (unpaired) electrons. The van der Waals surface area contributed by atoms with Gasteiger partial charge in [-0.2, -0.15) is 0 Å². The fourth-order valence-corrected chi connectivity index (χ4v) is 0.927. The minimum Gasteiger partial charge on any atom is -0.394 e. The first kappa shape index (κ1) is 12.9. The molecular weight excluding hydrogens is 248 g/mol. The summed E-state index contributed by atoms with van der Waals surface area (Å²) in [5.74, 6) is 0. The van der Waals surface area contributed by atoms with Gasteiger partial charge in [-0.15, -0.1) is 0 Å². The number of hydrogen-bond donors (Lipinski definition) is 5. The molecule has 0 saturated carbocycles. The molecule has 78 valence electrons. The maximum absolute atomic E-state index is 10.5. The molecular formula is C6H11BrO6. The summed E-state index contributed by atoms with van der Waals surface area (Å²) in [5.41, 5.74) is 0. The van der Waals surface area contributed by atoms with Crippen LogP contribution in [0.4, 0.5) is 0 Å². The zero-order valence-electron chi connectivity index (χ0n) is 6.54. The Morgan fingerprint density at radius 2 is 1.62 bits per heavy atom. The second kappa shape index (κ2) is 5.63. The Hall–Kier alpha value is -0.0500. The van der Waals surface area contributed by atoms with Gasteiger partial charge >= 0.3 is 0 Å². The number of hydrogen-bond acceptors (Lipinski definition) is 6. The highest BCUT2D eigenvalue weighted by molar-refractivity contribution is 9.18. The fourth-order valence-electron chi connectivity index (χ4n) is 0.657. The molecule has 0 aliphatic rings. The number of halogens is 1. The highest BCUT2D eigenvalue weighted by Gasteiger charge is 2.32. The van der Waals surface area contributed by atoms with E-state index in [0.717, 1.165) is 0 Å². The second-order valence-electron chi connectivity index (χ2n) is 2.48. The lowest BCUT2D eigenvalue weighted by atomic mass is 10.0. The molecule has 0 amide bonds. The SMILES string of the molecule is O=C(Br)[C@@H](O)[C@H](O)[C@H](O)[C@H](O)CO. The van der Waals surface area contributed by atoms with Crippen LogP contribution < -0.4 is 0 Å².